The minimum Gasteiger partial charge on any atom is -0.484 e. The molecule has 0 saturated carbocycles. The van der Waals surface area contributed by atoms with Crippen LogP contribution in [-0.2, 0) is 4.79 Å². The van der Waals surface area contributed by atoms with Crippen LogP contribution in [0.1, 0.15) is 23.2 Å². The van der Waals surface area contributed by atoms with Gasteiger partial charge in [-0.05, 0) is 44.2 Å². The molecule has 6 nitrogen and oxygen atoms in total. The summed E-state index contributed by atoms with van der Waals surface area (Å²) in [6.45, 7) is 1.51. The van der Waals surface area contributed by atoms with Gasteiger partial charge in [0.15, 0.2) is 6.61 Å². The van der Waals surface area contributed by atoms with Gasteiger partial charge in [-0.15, -0.1) is 12.4 Å². The second-order valence-electron chi connectivity index (χ2n) is 5.14. The number of rotatable bonds is 5. The van der Waals surface area contributed by atoms with Crippen molar-refractivity contribution in [2.45, 2.75) is 18.9 Å². The van der Waals surface area contributed by atoms with E-state index in [1.807, 2.05) is 11.9 Å². The van der Waals surface area contributed by atoms with Crippen LogP contribution in [0.25, 0.3) is 0 Å². The number of benzene rings is 1. The first-order valence-corrected chi connectivity index (χ1v) is 7.08. The average Bonchev–Trinajstić information content (AvgIpc) is 2.53. The molecule has 22 heavy (non-hydrogen) atoms. The molecule has 0 aliphatic carbocycles. The summed E-state index contributed by atoms with van der Waals surface area (Å²) in [4.78, 5) is 24.9. The van der Waals surface area contributed by atoms with Gasteiger partial charge in [0.2, 0.25) is 5.91 Å². The second-order valence-corrected chi connectivity index (χ2v) is 5.14. The molecule has 0 spiro atoms. The molecule has 2 amide bonds. The normalized spacial score (nSPS) is 17.5. The quantitative estimate of drug-likeness (QED) is 0.837. The van der Waals surface area contributed by atoms with E-state index in [1.165, 1.54) is 0 Å². The first-order chi connectivity index (χ1) is 10.1. The monoisotopic (exact) mass is 327 g/mol. The molecule has 1 unspecified atom stereocenters. The first-order valence-electron chi connectivity index (χ1n) is 7.08. The van der Waals surface area contributed by atoms with Crippen LogP contribution in [0.15, 0.2) is 24.3 Å². The van der Waals surface area contributed by atoms with Crippen LogP contribution in [0.2, 0.25) is 0 Å². The van der Waals surface area contributed by atoms with Crippen molar-refractivity contribution in [2.24, 2.45) is 5.73 Å². The van der Waals surface area contributed by atoms with Gasteiger partial charge in [0.05, 0.1) is 0 Å². The molecule has 0 radical (unpaired) electrons. The molecule has 1 aliphatic heterocycles. The molecule has 7 heteroatoms. The predicted octanol–water partition coefficient (Wildman–Crippen LogP) is 0.796. The van der Waals surface area contributed by atoms with Crippen LogP contribution < -0.4 is 15.8 Å². The Morgan fingerprint density at radius 2 is 2.05 bits per heavy atom. The highest BCUT2D eigenvalue weighted by atomic mass is 35.5. The summed E-state index contributed by atoms with van der Waals surface area (Å²) in [6.07, 6.45) is 2.10. The fourth-order valence-electron chi connectivity index (χ4n) is 2.39. The molecule has 1 fully saturated rings. The third kappa shape index (κ3) is 4.89. The maximum Gasteiger partial charge on any atom is 0.260 e. The highest BCUT2D eigenvalue weighted by Gasteiger charge is 2.22. The second kappa shape index (κ2) is 8.60. The van der Waals surface area contributed by atoms with Crippen LogP contribution >= 0.6 is 12.4 Å². The summed E-state index contributed by atoms with van der Waals surface area (Å²) >= 11 is 0. The molecule has 1 atom stereocenters. The molecule has 0 aromatic heterocycles. The number of nitrogens with two attached hydrogens (primary N) is 1. The number of nitrogens with zero attached hydrogens (tertiary/aromatic N) is 1. The van der Waals surface area contributed by atoms with Crippen molar-refractivity contribution in [3.05, 3.63) is 29.8 Å². The number of primary amides is 1. The van der Waals surface area contributed by atoms with Crippen LogP contribution in [-0.4, -0.2) is 49.5 Å². The van der Waals surface area contributed by atoms with Crippen molar-refractivity contribution in [3.63, 3.8) is 0 Å². The zero-order valence-electron chi connectivity index (χ0n) is 12.6. The lowest BCUT2D eigenvalue weighted by Crippen LogP contribution is -2.48. The number of hydrogen-bond donors (Lipinski definition) is 2. The Kier molecular flexibility index (Phi) is 7.14. The third-order valence-corrected chi connectivity index (χ3v) is 3.68. The lowest BCUT2D eigenvalue weighted by Gasteiger charge is -2.32. The Morgan fingerprint density at radius 1 is 1.36 bits per heavy atom. The van der Waals surface area contributed by atoms with Crippen LogP contribution in [0.3, 0.4) is 0 Å². The van der Waals surface area contributed by atoms with E-state index in [-0.39, 0.29) is 24.9 Å². The SMILES string of the molecule is CNC1CCCN(C(=O)COc2ccc(C(N)=O)cc2)C1.Cl. The molecule has 1 aromatic carbocycles. The van der Waals surface area contributed by atoms with E-state index in [9.17, 15) is 9.59 Å². The van der Waals surface area contributed by atoms with Gasteiger partial charge in [-0.25, -0.2) is 0 Å². The predicted molar refractivity (Wildman–Crippen MR) is 86.4 cm³/mol. The van der Waals surface area contributed by atoms with Gasteiger partial charge in [-0.2, -0.15) is 0 Å². The lowest BCUT2D eigenvalue weighted by atomic mass is 10.1. The average molecular weight is 328 g/mol. The molecule has 1 heterocycles. The molecule has 1 saturated heterocycles. The highest BCUT2D eigenvalue weighted by molar-refractivity contribution is 5.92. The topological polar surface area (TPSA) is 84.7 Å². The number of piperidine rings is 1. The summed E-state index contributed by atoms with van der Waals surface area (Å²) in [5.41, 5.74) is 5.58. The van der Waals surface area contributed by atoms with Gasteiger partial charge in [0.1, 0.15) is 5.75 Å². The van der Waals surface area contributed by atoms with E-state index in [0.29, 0.717) is 17.4 Å². The summed E-state index contributed by atoms with van der Waals surface area (Å²) in [5, 5.41) is 3.20. The number of hydrogen-bond acceptors (Lipinski definition) is 4. The Labute approximate surface area is 136 Å². The maximum atomic E-state index is 12.1. The Bertz CT molecular complexity index is 507. The summed E-state index contributed by atoms with van der Waals surface area (Å²) in [7, 11) is 1.91. The van der Waals surface area contributed by atoms with Gasteiger partial charge in [0, 0.05) is 24.7 Å². The van der Waals surface area contributed by atoms with Gasteiger partial charge in [0.25, 0.3) is 5.91 Å². The lowest BCUT2D eigenvalue weighted by molar-refractivity contribution is -0.134. The van der Waals surface area contributed by atoms with E-state index >= 15 is 0 Å². The number of likely N-dealkylation sites (tertiary alicyclic amines) is 1. The molecule has 0 bridgehead atoms. The zero-order chi connectivity index (χ0) is 15.2. The summed E-state index contributed by atoms with van der Waals surface area (Å²) in [6, 6.07) is 6.80. The molecule has 1 aromatic rings. The van der Waals surface area contributed by atoms with E-state index in [1.54, 1.807) is 24.3 Å². The number of amides is 2. The number of nitrogens with one attached hydrogen (secondary N) is 1. The van der Waals surface area contributed by atoms with Crippen molar-refractivity contribution in [3.8, 4) is 5.75 Å². The zero-order valence-corrected chi connectivity index (χ0v) is 13.4. The van der Waals surface area contributed by atoms with Crippen molar-refractivity contribution < 1.29 is 14.3 Å². The van der Waals surface area contributed by atoms with Crippen LogP contribution in [0.5, 0.6) is 5.75 Å². The first kappa shape index (κ1) is 18.3. The summed E-state index contributed by atoms with van der Waals surface area (Å²) < 4.78 is 5.46. The molecular weight excluding hydrogens is 306 g/mol. The van der Waals surface area contributed by atoms with E-state index in [2.05, 4.69) is 5.32 Å². The van der Waals surface area contributed by atoms with E-state index < -0.39 is 5.91 Å². The number of ether oxygens (including phenoxy) is 1. The number of carbonyl (C=O) groups excluding carboxylic acids is 2. The third-order valence-electron chi connectivity index (χ3n) is 3.68. The Balaban J connectivity index is 0.00000242. The minimum absolute atomic E-state index is 0. The fourth-order valence-corrected chi connectivity index (χ4v) is 2.39. The number of carbonyl (C=O) groups is 2. The molecular formula is C15H22ClN3O3. The minimum atomic E-state index is -0.482. The van der Waals surface area contributed by atoms with Gasteiger partial charge in [-0.3, -0.25) is 9.59 Å². The largest absolute Gasteiger partial charge is 0.484 e. The van der Waals surface area contributed by atoms with Gasteiger partial charge >= 0.3 is 0 Å². The standard InChI is InChI=1S/C15H21N3O3.ClH/c1-17-12-3-2-8-18(9-12)14(19)10-21-13-6-4-11(5-7-13)15(16)20;/h4-7,12,17H,2-3,8-10H2,1H3,(H2,16,20);1H. The van der Waals surface area contributed by atoms with Crippen molar-refractivity contribution in [1.29, 1.82) is 0 Å². The maximum absolute atomic E-state index is 12.1. The van der Waals surface area contributed by atoms with Gasteiger partial charge in [-0.1, -0.05) is 0 Å². The molecule has 2 rings (SSSR count). The van der Waals surface area contributed by atoms with Crippen molar-refractivity contribution >= 4 is 24.2 Å². The molecule has 1 aliphatic rings. The van der Waals surface area contributed by atoms with E-state index in [0.717, 1.165) is 25.9 Å². The molecule has 122 valence electrons. The highest BCUT2D eigenvalue weighted by Crippen LogP contribution is 2.13. The number of likely N-dealkylation sites (N-methyl/N-ethyl adjacent to an activating group) is 1. The van der Waals surface area contributed by atoms with Crippen LogP contribution in [0.4, 0.5) is 0 Å². The van der Waals surface area contributed by atoms with Gasteiger partial charge < -0.3 is 20.7 Å². The van der Waals surface area contributed by atoms with Crippen molar-refractivity contribution in [1.82, 2.24) is 10.2 Å². The Morgan fingerprint density at radius 3 is 2.64 bits per heavy atom. The van der Waals surface area contributed by atoms with Crippen molar-refractivity contribution in [2.75, 3.05) is 26.7 Å². The van der Waals surface area contributed by atoms with Crippen LogP contribution in [0, 0.1) is 0 Å². The Hall–Kier alpha value is -1.79. The number of halogens is 1. The summed E-state index contributed by atoms with van der Waals surface area (Å²) in [5.74, 6) is 0.0495. The van der Waals surface area contributed by atoms with E-state index in [4.69, 9.17) is 10.5 Å². The smallest absolute Gasteiger partial charge is 0.260 e. The molecule has 3 N–H and O–H groups in total. The fraction of sp³-hybridized carbons (Fsp3) is 0.467.